The number of allylic oxidation sites excluding steroid dienone is 2. The van der Waals surface area contributed by atoms with Crippen molar-refractivity contribution in [3.8, 4) is 11.3 Å². The lowest BCUT2D eigenvalue weighted by Crippen LogP contribution is -2.41. The molecule has 2 aliphatic heterocycles. The molecule has 4 aromatic rings. The van der Waals surface area contributed by atoms with E-state index >= 15 is 0 Å². The summed E-state index contributed by atoms with van der Waals surface area (Å²) in [6, 6.07) is 14.5. The lowest BCUT2D eigenvalue weighted by Gasteiger charge is -2.34. The lowest BCUT2D eigenvalue weighted by molar-refractivity contribution is 0.250. The molecule has 0 saturated carbocycles. The van der Waals surface area contributed by atoms with Crippen molar-refractivity contribution in [3.05, 3.63) is 81.8 Å². The number of hydrogen-bond donors (Lipinski definition) is 4. The Morgan fingerprint density at radius 1 is 1.02 bits per heavy atom. The number of likely N-dealkylation sites (N-methyl/N-ethyl adjacent to an activating group) is 1. The third-order valence-electron chi connectivity index (χ3n) is 10.5. The summed E-state index contributed by atoms with van der Waals surface area (Å²) in [5, 5.41) is 7.53. The normalized spacial score (nSPS) is 21.4. The van der Waals surface area contributed by atoms with Gasteiger partial charge in [0.15, 0.2) is 0 Å². The maximum Gasteiger partial charge on any atom is 0.261 e. The van der Waals surface area contributed by atoms with Crippen molar-refractivity contribution >= 4 is 38.9 Å². The highest BCUT2D eigenvalue weighted by atomic mass is 32.3. The van der Waals surface area contributed by atoms with E-state index < -0.39 is 10.6 Å². The van der Waals surface area contributed by atoms with E-state index in [0.717, 1.165) is 56.5 Å². The fourth-order valence-corrected chi connectivity index (χ4v) is 8.56. The summed E-state index contributed by atoms with van der Waals surface area (Å²) >= 11 is 0. The molecule has 0 amide bonds. The van der Waals surface area contributed by atoms with Gasteiger partial charge in [0.25, 0.3) is 5.56 Å². The van der Waals surface area contributed by atoms with Gasteiger partial charge in [-0.3, -0.25) is 23.5 Å². The Bertz CT molecular complexity index is 1870. The molecule has 5 heterocycles. The maximum absolute atomic E-state index is 14.4. The number of hydrogen-bond acceptors (Lipinski definition) is 10. The minimum Gasteiger partial charge on any atom is -0.372 e. The van der Waals surface area contributed by atoms with Gasteiger partial charge in [-0.25, -0.2) is 4.98 Å². The zero-order valence-electron chi connectivity index (χ0n) is 28.7. The molecule has 0 spiro atoms. The first-order valence-electron chi connectivity index (χ1n) is 17.4. The van der Waals surface area contributed by atoms with Crippen molar-refractivity contribution in [2.45, 2.75) is 62.9 Å². The fourth-order valence-electron chi connectivity index (χ4n) is 7.64. The molecule has 2 saturated heterocycles. The van der Waals surface area contributed by atoms with Crippen molar-refractivity contribution in [2.75, 3.05) is 56.7 Å². The third-order valence-corrected chi connectivity index (χ3v) is 11.9. The Kier molecular flexibility index (Phi) is 9.76. The van der Waals surface area contributed by atoms with E-state index in [-0.39, 0.29) is 11.6 Å². The minimum atomic E-state index is -2.79. The molecule has 2 unspecified atom stereocenters. The Labute approximate surface area is 289 Å². The first-order chi connectivity index (χ1) is 23.6. The second-order valence-corrected chi connectivity index (χ2v) is 16.2. The molecule has 4 N–H and O–H groups in total. The maximum atomic E-state index is 14.4. The van der Waals surface area contributed by atoms with Gasteiger partial charge < -0.3 is 20.4 Å². The SMILES string of the molecule is CN1CCCC(c2ccc(-c3cc4cnc(Nc5ccc(N(C)C6CCNCC6)cc5)nc4n(C4CC=C(S(C)(O)O)CC4)c3=O)nc2)C1. The molecule has 49 heavy (non-hydrogen) atoms. The van der Waals surface area contributed by atoms with Crippen LogP contribution < -0.4 is 21.1 Å². The number of nitrogens with zero attached hydrogens (tertiary/aromatic N) is 6. The van der Waals surface area contributed by atoms with Gasteiger partial charge >= 0.3 is 0 Å². The molecule has 260 valence electrons. The number of pyridine rings is 2. The summed E-state index contributed by atoms with van der Waals surface area (Å²) < 4.78 is 22.4. The summed E-state index contributed by atoms with van der Waals surface area (Å²) in [5.41, 5.74) is 4.74. The van der Waals surface area contributed by atoms with Crippen molar-refractivity contribution in [1.29, 1.82) is 0 Å². The van der Waals surface area contributed by atoms with Crippen LogP contribution in [-0.4, -0.2) is 86.1 Å². The summed E-state index contributed by atoms with van der Waals surface area (Å²) in [7, 11) is 1.53. The van der Waals surface area contributed by atoms with E-state index in [0.29, 0.717) is 59.0 Å². The smallest absolute Gasteiger partial charge is 0.261 e. The van der Waals surface area contributed by atoms with Gasteiger partial charge in [0.1, 0.15) is 5.65 Å². The average Bonchev–Trinajstić information content (AvgIpc) is 3.12. The van der Waals surface area contributed by atoms with Crippen LogP contribution in [0.25, 0.3) is 22.3 Å². The molecule has 2 fully saturated rings. The Hall–Kier alpha value is -3.81. The van der Waals surface area contributed by atoms with Crippen LogP contribution in [0.15, 0.2) is 70.6 Å². The molecule has 0 radical (unpaired) electrons. The molecule has 3 aromatic heterocycles. The highest BCUT2D eigenvalue weighted by Crippen LogP contribution is 2.49. The van der Waals surface area contributed by atoms with Gasteiger partial charge in [0.2, 0.25) is 5.95 Å². The van der Waals surface area contributed by atoms with E-state index in [2.05, 4.69) is 57.7 Å². The quantitative estimate of drug-likeness (QED) is 0.161. The predicted octanol–water partition coefficient (Wildman–Crippen LogP) is 6.58. The number of rotatable bonds is 8. The van der Waals surface area contributed by atoms with Gasteiger partial charge in [0.05, 0.1) is 11.3 Å². The molecule has 2 atom stereocenters. The lowest BCUT2D eigenvalue weighted by atomic mass is 9.91. The second-order valence-electron chi connectivity index (χ2n) is 14.0. The van der Waals surface area contributed by atoms with E-state index in [1.54, 1.807) is 10.8 Å². The Morgan fingerprint density at radius 3 is 2.49 bits per heavy atom. The molecular formula is C37H48N8O3S. The number of nitrogens with one attached hydrogen (secondary N) is 2. The topological polar surface area (TPSA) is 132 Å². The van der Waals surface area contributed by atoms with Crippen molar-refractivity contribution in [1.82, 2.24) is 29.7 Å². The monoisotopic (exact) mass is 684 g/mol. The van der Waals surface area contributed by atoms with E-state index in [9.17, 15) is 13.9 Å². The summed E-state index contributed by atoms with van der Waals surface area (Å²) in [6.07, 6.45) is 13.2. The van der Waals surface area contributed by atoms with Crippen molar-refractivity contribution in [2.24, 2.45) is 0 Å². The largest absolute Gasteiger partial charge is 0.372 e. The Balaban J connectivity index is 1.21. The van der Waals surface area contributed by atoms with E-state index in [4.69, 9.17) is 9.97 Å². The van der Waals surface area contributed by atoms with Crippen molar-refractivity contribution in [3.63, 3.8) is 0 Å². The summed E-state index contributed by atoms with van der Waals surface area (Å²) in [6.45, 7) is 4.22. The molecule has 12 heteroatoms. The van der Waals surface area contributed by atoms with Gasteiger partial charge in [-0.1, -0.05) is 12.1 Å². The first-order valence-corrected chi connectivity index (χ1v) is 19.4. The third kappa shape index (κ3) is 7.39. The predicted molar refractivity (Wildman–Crippen MR) is 200 cm³/mol. The number of fused-ring (bicyclic) bond motifs is 1. The van der Waals surface area contributed by atoms with Crippen LogP contribution in [0.2, 0.25) is 0 Å². The number of likely N-dealkylation sites (tertiary alicyclic amines) is 1. The average molecular weight is 685 g/mol. The molecule has 1 aliphatic carbocycles. The van der Waals surface area contributed by atoms with E-state index in [1.165, 1.54) is 23.9 Å². The molecule has 0 bridgehead atoms. The zero-order chi connectivity index (χ0) is 34.1. The van der Waals surface area contributed by atoms with Gasteiger partial charge in [-0.05, 0) is 120 Å². The molecule has 11 nitrogen and oxygen atoms in total. The van der Waals surface area contributed by atoms with Crippen LogP contribution in [0.4, 0.5) is 17.3 Å². The van der Waals surface area contributed by atoms with Crippen LogP contribution in [0.1, 0.15) is 62.5 Å². The highest BCUT2D eigenvalue weighted by molar-refractivity contribution is 8.27. The molecule has 7 rings (SSSR count). The number of aromatic nitrogens is 4. The highest BCUT2D eigenvalue weighted by Gasteiger charge is 2.26. The standard InChI is InChI=1S/C37H48N8O3S/c1-43-20-4-5-26(24-43)25-6-15-34(39-22-25)33-21-27-23-40-37(41-28-7-9-29(10-8-28)44(2)30-16-18-38-19-17-30)42-35(27)45(36(33)46)31-11-13-32(14-12-31)49(3,47)48/h6-10,13,15,21-23,26,30-31,38,47-48H,4-5,11-12,14,16-20,24H2,1-3H3,(H,40,41,42). The zero-order valence-corrected chi connectivity index (χ0v) is 29.5. The van der Waals surface area contributed by atoms with Crippen LogP contribution in [0, 0.1) is 0 Å². The number of benzene rings is 1. The first kappa shape index (κ1) is 33.7. The fraction of sp³-hybridized carbons (Fsp3) is 0.459. The van der Waals surface area contributed by atoms with Crippen LogP contribution in [0.3, 0.4) is 0 Å². The molecular weight excluding hydrogens is 637 g/mol. The van der Waals surface area contributed by atoms with E-state index in [1.807, 2.05) is 36.5 Å². The van der Waals surface area contributed by atoms with Gasteiger partial charge in [-0.15, -0.1) is 0 Å². The summed E-state index contributed by atoms with van der Waals surface area (Å²) in [5.74, 6) is 0.844. The van der Waals surface area contributed by atoms with Gasteiger partial charge in [-0.2, -0.15) is 15.6 Å². The number of anilines is 3. The second kappa shape index (κ2) is 14.2. The molecule has 3 aliphatic rings. The number of piperidine rings is 2. The summed E-state index contributed by atoms with van der Waals surface area (Å²) in [4.78, 5) is 34.1. The van der Waals surface area contributed by atoms with Crippen LogP contribution in [-0.2, 0) is 0 Å². The molecule has 1 aromatic carbocycles. The minimum absolute atomic E-state index is 0.162. The van der Waals surface area contributed by atoms with Crippen LogP contribution >= 0.6 is 10.6 Å². The van der Waals surface area contributed by atoms with Crippen LogP contribution in [0.5, 0.6) is 0 Å². The van der Waals surface area contributed by atoms with Gasteiger partial charge in [0, 0.05) is 66.0 Å². The van der Waals surface area contributed by atoms with Crippen molar-refractivity contribution < 1.29 is 9.11 Å². The Morgan fingerprint density at radius 2 is 1.82 bits per heavy atom.